The molecule has 1 atom stereocenters. The first-order chi connectivity index (χ1) is 6.79. The minimum atomic E-state index is 0.00222. The maximum atomic E-state index is 10.9. The van der Waals surface area contributed by atoms with Gasteiger partial charge in [0.2, 0.25) is 0 Å². The smallest absolute Gasteiger partial charge is 0.142 e. The normalized spacial score (nSPS) is 12.1. The zero-order chi connectivity index (χ0) is 10.4. The van der Waals surface area contributed by atoms with Crippen LogP contribution < -0.4 is 4.90 Å². The largest absolute Gasteiger partial charge is 0.365 e. The van der Waals surface area contributed by atoms with Crippen LogP contribution >= 0.6 is 0 Å². The number of carbonyl (C=O) groups is 1. The summed E-state index contributed by atoms with van der Waals surface area (Å²) >= 11 is 0. The van der Waals surface area contributed by atoms with Crippen molar-refractivity contribution in [2.24, 2.45) is 0 Å². The molecule has 1 aromatic carbocycles. The van der Waals surface area contributed by atoms with Gasteiger partial charge in [0, 0.05) is 12.7 Å². The van der Waals surface area contributed by atoms with Crippen LogP contribution in [0, 0.1) is 0 Å². The van der Waals surface area contributed by atoms with Crippen molar-refractivity contribution in [1.29, 1.82) is 0 Å². The Labute approximate surface area is 85.5 Å². The standard InChI is InChI=1S/C12H17NO/c1-3-7-12(10-14)13(2)11-8-5-4-6-9-11/h4-6,8-10,12H,3,7H2,1-2H3. The predicted molar refractivity (Wildman–Crippen MR) is 59.6 cm³/mol. The fourth-order valence-electron chi connectivity index (χ4n) is 1.50. The van der Waals surface area contributed by atoms with Crippen molar-refractivity contribution in [3.63, 3.8) is 0 Å². The minimum absolute atomic E-state index is 0.00222. The fourth-order valence-corrected chi connectivity index (χ4v) is 1.50. The first-order valence-corrected chi connectivity index (χ1v) is 5.02. The van der Waals surface area contributed by atoms with E-state index in [0.29, 0.717) is 0 Å². The molecule has 0 saturated carbocycles. The third kappa shape index (κ3) is 2.59. The summed E-state index contributed by atoms with van der Waals surface area (Å²) in [5.41, 5.74) is 1.10. The van der Waals surface area contributed by atoms with Gasteiger partial charge >= 0.3 is 0 Å². The van der Waals surface area contributed by atoms with Crippen molar-refractivity contribution in [3.8, 4) is 0 Å². The number of para-hydroxylation sites is 1. The monoisotopic (exact) mass is 191 g/mol. The Bertz CT molecular complexity index is 271. The maximum absolute atomic E-state index is 10.9. The Morgan fingerprint density at radius 3 is 2.50 bits per heavy atom. The van der Waals surface area contributed by atoms with Gasteiger partial charge < -0.3 is 9.69 Å². The summed E-state index contributed by atoms with van der Waals surface area (Å²) in [4.78, 5) is 12.9. The Balaban J connectivity index is 2.72. The molecule has 14 heavy (non-hydrogen) atoms. The minimum Gasteiger partial charge on any atom is -0.365 e. The van der Waals surface area contributed by atoms with Crippen molar-refractivity contribution < 1.29 is 4.79 Å². The van der Waals surface area contributed by atoms with Gasteiger partial charge in [-0.15, -0.1) is 0 Å². The highest BCUT2D eigenvalue weighted by atomic mass is 16.1. The molecule has 0 amide bonds. The third-order valence-corrected chi connectivity index (χ3v) is 2.40. The van der Waals surface area contributed by atoms with Gasteiger partial charge in [-0.2, -0.15) is 0 Å². The summed E-state index contributed by atoms with van der Waals surface area (Å²) in [6, 6.07) is 9.99. The summed E-state index contributed by atoms with van der Waals surface area (Å²) in [5, 5.41) is 0. The van der Waals surface area contributed by atoms with E-state index in [0.717, 1.165) is 24.8 Å². The van der Waals surface area contributed by atoms with Crippen LogP contribution in [0.5, 0.6) is 0 Å². The van der Waals surface area contributed by atoms with Gasteiger partial charge in [0.05, 0.1) is 6.04 Å². The van der Waals surface area contributed by atoms with E-state index in [2.05, 4.69) is 6.92 Å². The lowest BCUT2D eigenvalue weighted by atomic mass is 10.1. The van der Waals surface area contributed by atoms with Crippen molar-refractivity contribution in [1.82, 2.24) is 0 Å². The molecule has 0 spiro atoms. The van der Waals surface area contributed by atoms with E-state index < -0.39 is 0 Å². The second-order valence-corrected chi connectivity index (χ2v) is 3.44. The topological polar surface area (TPSA) is 20.3 Å². The Kier molecular flexibility index (Phi) is 4.17. The molecule has 0 aliphatic heterocycles. The molecule has 1 unspecified atom stereocenters. The predicted octanol–water partition coefficient (Wildman–Crippen LogP) is 2.49. The maximum Gasteiger partial charge on any atom is 0.142 e. The molecular formula is C12H17NO. The SMILES string of the molecule is CCCC(C=O)N(C)c1ccccc1. The molecule has 0 aliphatic carbocycles. The molecule has 0 saturated heterocycles. The van der Waals surface area contributed by atoms with Crippen molar-refractivity contribution in [2.75, 3.05) is 11.9 Å². The molecule has 0 fully saturated rings. The Hall–Kier alpha value is -1.31. The van der Waals surface area contributed by atoms with E-state index in [1.807, 2.05) is 42.3 Å². The molecule has 1 aromatic rings. The van der Waals surface area contributed by atoms with Gasteiger partial charge in [0.25, 0.3) is 0 Å². The van der Waals surface area contributed by atoms with Crippen LogP contribution in [0.4, 0.5) is 5.69 Å². The average molecular weight is 191 g/mol. The lowest BCUT2D eigenvalue weighted by Gasteiger charge is -2.25. The summed E-state index contributed by atoms with van der Waals surface area (Å²) < 4.78 is 0. The van der Waals surface area contributed by atoms with Gasteiger partial charge in [-0.25, -0.2) is 0 Å². The number of hydrogen-bond acceptors (Lipinski definition) is 2. The second kappa shape index (κ2) is 5.43. The van der Waals surface area contributed by atoms with Crippen molar-refractivity contribution >= 4 is 12.0 Å². The Morgan fingerprint density at radius 2 is 2.00 bits per heavy atom. The van der Waals surface area contributed by atoms with Gasteiger partial charge in [-0.3, -0.25) is 0 Å². The van der Waals surface area contributed by atoms with E-state index in [-0.39, 0.29) is 6.04 Å². The number of anilines is 1. The molecule has 2 heteroatoms. The number of likely N-dealkylation sites (N-methyl/N-ethyl adjacent to an activating group) is 1. The molecule has 0 bridgehead atoms. The summed E-state index contributed by atoms with van der Waals surface area (Å²) in [7, 11) is 1.96. The van der Waals surface area contributed by atoms with E-state index in [9.17, 15) is 4.79 Å². The lowest BCUT2D eigenvalue weighted by Crippen LogP contribution is -2.32. The molecular weight excluding hydrogens is 174 g/mol. The molecule has 76 valence electrons. The summed E-state index contributed by atoms with van der Waals surface area (Å²) in [6.45, 7) is 2.09. The highest BCUT2D eigenvalue weighted by Crippen LogP contribution is 2.15. The fraction of sp³-hybridized carbons (Fsp3) is 0.417. The number of carbonyl (C=O) groups excluding carboxylic acids is 1. The van der Waals surface area contributed by atoms with Crippen LogP contribution in [0.3, 0.4) is 0 Å². The zero-order valence-electron chi connectivity index (χ0n) is 8.81. The Morgan fingerprint density at radius 1 is 1.36 bits per heavy atom. The highest BCUT2D eigenvalue weighted by Gasteiger charge is 2.12. The van der Waals surface area contributed by atoms with Crippen molar-refractivity contribution in [2.45, 2.75) is 25.8 Å². The summed E-state index contributed by atoms with van der Waals surface area (Å²) in [6.07, 6.45) is 2.96. The van der Waals surface area contributed by atoms with E-state index in [4.69, 9.17) is 0 Å². The number of rotatable bonds is 5. The highest BCUT2D eigenvalue weighted by molar-refractivity contribution is 5.65. The van der Waals surface area contributed by atoms with Crippen LogP contribution in [-0.2, 0) is 4.79 Å². The quantitative estimate of drug-likeness (QED) is 0.666. The zero-order valence-corrected chi connectivity index (χ0v) is 8.81. The van der Waals surface area contributed by atoms with Crippen LogP contribution in [0.25, 0.3) is 0 Å². The first kappa shape index (κ1) is 10.8. The second-order valence-electron chi connectivity index (χ2n) is 3.44. The van der Waals surface area contributed by atoms with E-state index in [1.54, 1.807) is 0 Å². The van der Waals surface area contributed by atoms with Crippen molar-refractivity contribution in [3.05, 3.63) is 30.3 Å². The lowest BCUT2D eigenvalue weighted by molar-refractivity contribution is -0.109. The number of benzene rings is 1. The van der Waals surface area contributed by atoms with Crippen LogP contribution in [0.15, 0.2) is 30.3 Å². The van der Waals surface area contributed by atoms with Crippen LogP contribution in [-0.4, -0.2) is 19.4 Å². The molecule has 2 nitrogen and oxygen atoms in total. The van der Waals surface area contributed by atoms with Gasteiger partial charge in [-0.1, -0.05) is 31.5 Å². The molecule has 0 aromatic heterocycles. The molecule has 0 aliphatic rings. The van der Waals surface area contributed by atoms with Gasteiger partial charge in [0.15, 0.2) is 0 Å². The van der Waals surface area contributed by atoms with Crippen LogP contribution in [0.1, 0.15) is 19.8 Å². The number of hydrogen-bond donors (Lipinski definition) is 0. The van der Waals surface area contributed by atoms with E-state index >= 15 is 0 Å². The van der Waals surface area contributed by atoms with Gasteiger partial charge in [0.1, 0.15) is 6.29 Å². The molecule has 0 heterocycles. The molecule has 1 rings (SSSR count). The molecule has 0 N–H and O–H groups in total. The molecule has 0 radical (unpaired) electrons. The first-order valence-electron chi connectivity index (χ1n) is 5.02. The summed E-state index contributed by atoms with van der Waals surface area (Å²) in [5.74, 6) is 0. The third-order valence-electron chi connectivity index (χ3n) is 2.40. The number of nitrogens with zero attached hydrogens (tertiary/aromatic N) is 1. The van der Waals surface area contributed by atoms with E-state index in [1.165, 1.54) is 0 Å². The number of aldehydes is 1. The van der Waals surface area contributed by atoms with Crippen LogP contribution in [0.2, 0.25) is 0 Å². The average Bonchev–Trinajstić information content (AvgIpc) is 2.26. The van der Waals surface area contributed by atoms with Gasteiger partial charge in [-0.05, 0) is 18.6 Å².